The van der Waals surface area contributed by atoms with Gasteiger partial charge in [0.15, 0.2) is 0 Å². The van der Waals surface area contributed by atoms with Gasteiger partial charge in [-0.25, -0.2) is 8.42 Å². The minimum Gasteiger partial charge on any atom is -0.465 e. The van der Waals surface area contributed by atoms with E-state index in [4.69, 9.17) is 4.74 Å². The smallest absolute Gasteiger partial charge is 0.324 e. The summed E-state index contributed by atoms with van der Waals surface area (Å²) in [7, 11) is -3.77. The van der Waals surface area contributed by atoms with Gasteiger partial charge in [-0.1, -0.05) is 52.7 Å². The third-order valence-electron chi connectivity index (χ3n) is 3.75. The number of carbonyl (C=O) groups is 1. The van der Waals surface area contributed by atoms with Gasteiger partial charge in [-0.2, -0.15) is 4.72 Å². The molecule has 0 heterocycles. The van der Waals surface area contributed by atoms with Gasteiger partial charge in [0, 0.05) is 0 Å². The average Bonchev–Trinajstić information content (AvgIpc) is 2.51. The summed E-state index contributed by atoms with van der Waals surface area (Å²) in [5.74, 6) is -0.527. The average molecular weight is 356 g/mol. The van der Waals surface area contributed by atoms with Crippen LogP contribution >= 0.6 is 0 Å². The summed E-state index contributed by atoms with van der Waals surface area (Å²) in [5.41, 5.74) is 0.999. The van der Waals surface area contributed by atoms with Gasteiger partial charge in [0.25, 0.3) is 0 Å². The second kappa shape index (κ2) is 8.62. The lowest BCUT2D eigenvalue weighted by Crippen LogP contribution is -2.41. The molecule has 24 heavy (non-hydrogen) atoms. The van der Waals surface area contributed by atoms with Gasteiger partial charge < -0.3 is 4.74 Å². The van der Waals surface area contributed by atoms with Crippen LogP contribution in [0.3, 0.4) is 0 Å². The fourth-order valence-corrected chi connectivity index (χ4v) is 3.48. The lowest BCUT2D eigenvalue weighted by atomic mass is 9.87. The van der Waals surface area contributed by atoms with E-state index in [0.717, 1.165) is 18.4 Å². The zero-order valence-corrected chi connectivity index (χ0v) is 16.1. The molecule has 0 bridgehead atoms. The predicted molar refractivity (Wildman–Crippen MR) is 95.4 cm³/mol. The first-order valence-corrected chi connectivity index (χ1v) is 9.89. The molecule has 0 fully saturated rings. The minimum absolute atomic E-state index is 0.0513. The van der Waals surface area contributed by atoms with Crippen LogP contribution in [-0.2, 0) is 25.0 Å². The van der Waals surface area contributed by atoms with E-state index in [9.17, 15) is 13.2 Å². The van der Waals surface area contributed by atoms with Crippen molar-refractivity contribution in [3.63, 3.8) is 0 Å². The van der Waals surface area contributed by atoms with E-state index in [1.165, 1.54) is 0 Å². The molecule has 0 spiro atoms. The van der Waals surface area contributed by atoms with Crippen molar-refractivity contribution in [1.29, 1.82) is 0 Å². The Morgan fingerprint density at radius 2 is 1.75 bits per heavy atom. The number of sulfonamides is 1. The summed E-state index contributed by atoms with van der Waals surface area (Å²) in [5, 5.41) is 0. The van der Waals surface area contributed by atoms with Crippen molar-refractivity contribution >= 4 is 16.0 Å². The summed E-state index contributed by atoms with van der Waals surface area (Å²) in [6.45, 7) is 10.1. The van der Waals surface area contributed by atoms with E-state index in [1.54, 1.807) is 31.2 Å². The van der Waals surface area contributed by atoms with Crippen molar-refractivity contribution in [1.82, 2.24) is 4.72 Å². The highest BCUT2D eigenvalue weighted by atomic mass is 32.2. The molecular weight excluding hydrogens is 326 g/mol. The van der Waals surface area contributed by atoms with Crippen molar-refractivity contribution in [2.45, 2.75) is 70.2 Å². The third kappa shape index (κ3) is 5.91. The van der Waals surface area contributed by atoms with Crippen molar-refractivity contribution in [3.05, 3.63) is 29.8 Å². The fraction of sp³-hybridized carbons (Fsp3) is 0.611. The highest BCUT2D eigenvalue weighted by Crippen LogP contribution is 2.23. The number of esters is 1. The molecule has 0 aliphatic carbocycles. The first-order chi connectivity index (χ1) is 11.1. The number of hydrogen-bond acceptors (Lipinski definition) is 4. The van der Waals surface area contributed by atoms with Crippen molar-refractivity contribution in [3.8, 4) is 0 Å². The fourth-order valence-electron chi connectivity index (χ4n) is 2.27. The van der Waals surface area contributed by atoms with E-state index < -0.39 is 22.0 Å². The topological polar surface area (TPSA) is 72.5 Å². The molecule has 1 unspecified atom stereocenters. The molecule has 6 heteroatoms. The van der Waals surface area contributed by atoms with Crippen LogP contribution in [0.5, 0.6) is 0 Å². The number of carbonyl (C=O) groups excluding carboxylic acids is 1. The molecule has 1 aromatic rings. The van der Waals surface area contributed by atoms with Gasteiger partial charge in [-0.15, -0.1) is 0 Å². The molecule has 0 aliphatic rings. The molecule has 1 atom stereocenters. The van der Waals surface area contributed by atoms with E-state index in [1.807, 2.05) is 6.92 Å². The number of unbranched alkanes of at least 4 members (excludes halogenated alkanes) is 1. The normalized spacial score (nSPS) is 13.5. The predicted octanol–water partition coefficient (Wildman–Crippen LogP) is 3.38. The molecule has 0 aromatic heterocycles. The van der Waals surface area contributed by atoms with Gasteiger partial charge >= 0.3 is 5.97 Å². The molecule has 0 saturated heterocycles. The summed E-state index contributed by atoms with van der Waals surface area (Å²) < 4.78 is 32.6. The monoisotopic (exact) mass is 355 g/mol. The molecule has 1 N–H and O–H groups in total. The maximum Gasteiger partial charge on any atom is 0.324 e. The van der Waals surface area contributed by atoms with Gasteiger partial charge in [-0.05, 0) is 36.5 Å². The van der Waals surface area contributed by atoms with Crippen LogP contribution in [-0.4, -0.2) is 27.0 Å². The molecule has 1 aromatic carbocycles. The number of ether oxygens (including phenoxy) is 1. The number of nitrogens with one attached hydrogen (secondary N) is 1. The molecule has 0 amide bonds. The lowest BCUT2D eigenvalue weighted by molar-refractivity contribution is -0.145. The zero-order valence-electron chi connectivity index (χ0n) is 15.3. The summed E-state index contributed by atoms with van der Waals surface area (Å²) in [4.78, 5) is 12.1. The molecule has 136 valence electrons. The van der Waals surface area contributed by atoms with Gasteiger partial charge in [-0.3, -0.25) is 4.79 Å². The summed E-state index contributed by atoms with van der Waals surface area (Å²) in [6.07, 6.45) is 2.04. The van der Waals surface area contributed by atoms with E-state index in [-0.39, 0.29) is 16.9 Å². The first kappa shape index (κ1) is 20.6. The highest BCUT2D eigenvalue weighted by molar-refractivity contribution is 7.89. The Bertz CT molecular complexity index is 630. The lowest BCUT2D eigenvalue weighted by Gasteiger charge is -2.20. The van der Waals surface area contributed by atoms with E-state index in [0.29, 0.717) is 6.42 Å². The van der Waals surface area contributed by atoms with Crippen LogP contribution in [0, 0.1) is 0 Å². The standard InChI is InChI=1S/C18H29NO4S/c1-6-8-9-16(17(20)23-7-2)19-24(21,22)15-12-10-14(11-13-15)18(3,4)5/h10-13,16,19H,6-9H2,1-5H3. The Labute approximate surface area is 145 Å². The number of hydrogen-bond donors (Lipinski definition) is 1. The van der Waals surface area contributed by atoms with Crippen LogP contribution in [0.1, 0.15) is 59.4 Å². The quantitative estimate of drug-likeness (QED) is 0.726. The molecule has 5 nitrogen and oxygen atoms in total. The molecular formula is C18H29NO4S. The molecule has 1 rings (SSSR count). The van der Waals surface area contributed by atoms with E-state index >= 15 is 0 Å². The number of rotatable bonds is 8. The maximum atomic E-state index is 12.6. The van der Waals surface area contributed by atoms with Crippen molar-refractivity contribution in [2.24, 2.45) is 0 Å². The second-order valence-corrected chi connectivity index (χ2v) is 8.56. The van der Waals surface area contributed by atoms with Crippen LogP contribution in [0.25, 0.3) is 0 Å². The Balaban J connectivity index is 2.97. The molecule has 0 radical (unpaired) electrons. The molecule has 0 saturated carbocycles. The maximum absolute atomic E-state index is 12.6. The number of benzene rings is 1. The van der Waals surface area contributed by atoms with Crippen molar-refractivity contribution < 1.29 is 17.9 Å². The van der Waals surface area contributed by atoms with Gasteiger partial charge in [0.05, 0.1) is 11.5 Å². The van der Waals surface area contributed by atoms with E-state index in [2.05, 4.69) is 25.5 Å². The SMILES string of the molecule is CCCCC(NS(=O)(=O)c1ccc(C(C)(C)C)cc1)C(=O)OCC. The Morgan fingerprint density at radius 3 is 2.21 bits per heavy atom. The van der Waals surface area contributed by atoms with Gasteiger partial charge in [0.1, 0.15) is 6.04 Å². The van der Waals surface area contributed by atoms with Crippen LogP contribution in [0.2, 0.25) is 0 Å². The third-order valence-corrected chi connectivity index (χ3v) is 5.23. The second-order valence-electron chi connectivity index (χ2n) is 6.84. The Morgan fingerprint density at radius 1 is 1.17 bits per heavy atom. The Kier molecular flexibility index (Phi) is 7.42. The molecule has 0 aliphatic heterocycles. The van der Waals surface area contributed by atoms with Crippen LogP contribution in [0.4, 0.5) is 0 Å². The minimum atomic E-state index is -3.77. The highest BCUT2D eigenvalue weighted by Gasteiger charge is 2.26. The van der Waals surface area contributed by atoms with Crippen molar-refractivity contribution in [2.75, 3.05) is 6.61 Å². The van der Waals surface area contributed by atoms with Crippen LogP contribution in [0.15, 0.2) is 29.2 Å². The van der Waals surface area contributed by atoms with Crippen LogP contribution < -0.4 is 4.72 Å². The van der Waals surface area contributed by atoms with Gasteiger partial charge in [0.2, 0.25) is 10.0 Å². The summed E-state index contributed by atoms with van der Waals surface area (Å²) >= 11 is 0. The Hall–Kier alpha value is -1.40. The first-order valence-electron chi connectivity index (χ1n) is 8.41. The zero-order chi connectivity index (χ0) is 18.4. The summed E-state index contributed by atoms with van der Waals surface area (Å²) in [6, 6.07) is 5.91. The largest absolute Gasteiger partial charge is 0.465 e.